The van der Waals surface area contributed by atoms with E-state index in [-0.39, 0.29) is 29.7 Å². The van der Waals surface area contributed by atoms with E-state index >= 15 is 0 Å². The van der Waals surface area contributed by atoms with Crippen LogP contribution in [0.3, 0.4) is 0 Å². The maximum Gasteiger partial charge on any atom is 0.169 e. The normalized spacial score (nSPS) is 8.05. The molecule has 0 aliphatic rings. The predicted molar refractivity (Wildman–Crippen MR) is 314 cm³/mol. The topological polar surface area (TPSA) is 26.3 Å². The second-order valence-electron chi connectivity index (χ2n) is 10.4. The van der Waals surface area contributed by atoms with E-state index in [0.717, 1.165) is 17.3 Å². The lowest BCUT2D eigenvalue weighted by Crippen LogP contribution is -1.74. The van der Waals surface area contributed by atoms with E-state index in [1.807, 2.05) is 165 Å². The lowest BCUT2D eigenvalue weighted by Gasteiger charge is -2.01. The first-order valence-corrected chi connectivity index (χ1v) is 25.9. The zero-order valence-electron chi connectivity index (χ0n) is 41.2. The van der Waals surface area contributed by atoms with Gasteiger partial charge in [0.25, 0.3) is 0 Å². The minimum absolute atomic E-state index is 0. The molecule has 6 aromatic heterocycles. The van der Waals surface area contributed by atoms with Gasteiger partial charge in [-0.05, 0) is 109 Å². The fourth-order valence-corrected chi connectivity index (χ4v) is 8.03. The second-order valence-corrected chi connectivity index (χ2v) is 14.6. The second kappa shape index (κ2) is 50.8. The van der Waals surface area contributed by atoms with Gasteiger partial charge >= 0.3 is 0 Å². The number of hydrogen-bond acceptors (Lipinski definition) is 6. The summed E-state index contributed by atoms with van der Waals surface area (Å²) in [6, 6.07) is 42.5. The number of aryl methyl sites for hydroxylation is 3. The quantitative estimate of drug-likeness (QED) is 0.172. The average Bonchev–Trinajstić information content (AvgIpc) is 4.21. The SMILES string of the molecule is C.C.C.C.CC.CC.CC.CC.CC.CC.CC.CC.Cc1ccc(-c2ccc(-c3ccc(-c4cccs4)cc3)s2)cc1.Cc1ccc(-c2ccco2)o1.Cc1ccc(-c2cccs2)s1. The number of furan rings is 2. The first-order valence-electron chi connectivity index (χ1n) is 22.5. The fourth-order valence-electron chi connectivity index (χ4n) is 4.58. The van der Waals surface area contributed by atoms with Crippen LogP contribution in [0.5, 0.6) is 0 Å². The van der Waals surface area contributed by atoms with Crippen molar-refractivity contribution in [1.29, 1.82) is 0 Å². The highest BCUT2D eigenvalue weighted by atomic mass is 32.1. The first-order chi connectivity index (χ1) is 30.0. The van der Waals surface area contributed by atoms with Gasteiger partial charge < -0.3 is 8.83 Å². The molecule has 0 spiro atoms. The molecule has 8 rings (SSSR count). The van der Waals surface area contributed by atoms with Crippen molar-refractivity contribution >= 4 is 45.3 Å². The standard InChI is InChI=1S/C21H16S2.C9H8O2.C9H8S2.8C2H6.4CH4/c1-15-4-6-17(7-5-15)20-12-13-21(23-20)18-10-8-16(9-11-18)19-3-2-14-22-19;2*1-7-4-5-9(11-7)8-3-2-6-10-8;8*1-2;;;;/h2-14H,1H3;2*2-6H,1H3;8*1-2H3;4*1H4. The van der Waals surface area contributed by atoms with Crippen LogP contribution in [0.1, 0.15) is 157 Å². The maximum atomic E-state index is 5.33. The Kier molecular flexibility index (Phi) is 58.7. The van der Waals surface area contributed by atoms with E-state index in [0.29, 0.717) is 0 Å². The summed E-state index contributed by atoms with van der Waals surface area (Å²) in [4.78, 5) is 8.11. The molecule has 8 aromatic rings. The van der Waals surface area contributed by atoms with Gasteiger partial charge in [-0.25, -0.2) is 0 Å². The Morgan fingerprint density at radius 1 is 0.338 bits per heavy atom. The smallest absolute Gasteiger partial charge is 0.169 e. The summed E-state index contributed by atoms with van der Waals surface area (Å²) in [5.74, 6) is 2.46. The number of hydrogen-bond donors (Lipinski definition) is 0. The van der Waals surface area contributed by atoms with Gasteiger partial charge in [0.15, 0.2) is 11.5 Å². The van der Waals surface area contributed by atoms with Gasteiger partial charge in [-0.15, -0.1) is 45.3 Å². The van der Waals surface area contributed by atoms with Crippen LogP contribution in [0.25, 0.3) is 52.6 Å². The molecule has 6 heterocycles. The van der Waals surface area contributed by atoms with E-state index in [2.05, 4.69) is 122 Å². The number of thiophene rings is 4. The van der Waals surface area contributed by atoms with Gasteiger partial charge in [0.1, 0.15) is 5.76 Å². The van der Waals surface area contributed by atoms with E-state index in [9.17, 15) is 0 Å². The van der Waals surface area contributed by atoms with Gasteiger partial charge in [0.05, 0.1) is 6.26 Å². The molecule has 0 radical (unpaired) electrons. The highest BCUT2D eigenvalue weighted by Crippen LogP contribution is 2.36. The third-order valence-electron chi connectivity index (χ3n) is 6.93. The molecule has 0 bridgehead atoms. The van der Waals surface area contributed by atoms with Crippen molar-refractivity contribution in [2.75, 3.05) is 0 Å². The summed E-state index contributed by atoms with van der Waals surface area (Å²) in [7, 11) is 0. The lowest BCUT2D eigenvalue weighted by atomic mass is 10.1. The van der Waals surface area contributed by atoms with Crippen molar-refractivity contribution in [3.63, 3.8) is 0 Å². The molecule has 65 heavy (non-hydrogen) atoms. The summed E-state index contributed by atoms with van der Waals surface area (Å²) in [6.45, 7) is 38.2. The van der Waals surface area contributed by atoms with Crippen LogP contribution >= 0.6 is 45.3 Å². The van der Waals surface area contributed by atoms with Crippen molar-refractivity contribution < 1.29 is 8.83 Å². The highest BCUT2D eigenvalue weighted by Gasteiger charge is 2.07. The molecule has 0 unspecified atom stereocenters. The van der Waals surface area contributed by atoms with Gasteiger partial charge in [0, 0.05) is 29.3 Å². The number of rotatable bonds is 5. The molecule has 0 amide bonds. The Balaban J connectivity index is -0.000000138. The first kappa shape index (κ1) is 75.1. The van der Waals surface area contributed by atoms with Crippen molar-refractivity contribution in [1.82, 2.24) is 0 Å². The molecule has 0 aliphatic carbocycles. The Bertz CT molecular complexity index is 1930. The summed E-state index contributed by atoms with van der Waals surface area (Å²) in [5, 5.41) is 4.24. The van der Waals surface area contributed by atoms with E-state index in [1.54, 1.807) is 28.9 Å². The molecule has 0 saturated heterocycles. The fraction of sp³-hybridized carbons (Fsp3) is 0.390. The van der Waals surface area contributed by atoms with Crippen LogP contribution < -0.4 is 0 Å². The molecule has 0 fully saturated rings. The third-order valence-corrected chi connectivity index (χ3v) is 11.1. The molecule has 0 aliphatic heterocycles. The van der Waals surface area contributed by atoms with Gasteiger partial charge in [0.2, 0.25) is 0 Å². The Hall–Kier alpha value is -4.20. The molecule has 0 atom stereocenters. The molecular weight excluding hydrogens is 869 g/mol. The Morgan fingerprint density at radius 3 is 1.11 bits per heavy atom. The largest absolute Gasteiger partial charge is 0.461 e. The van der Waals surface area contributed by atoms with Crippen molar-refractivity contribution in [2.24, 2.45) is 0 Å². The minimum atomic E-state index is 0. The van der Waals surface area contributed by atoms with Gasteiger partial charge in [-0.3, -0.25) is 0 Å². The molecular formula is C59H96O2S4. The zero-order chi connectivity index (χ0) is 47.0. The molecule has 2 aromatic carbocycles. The lowest BCUT2D eigenvalue weighted by molar-refractivity contribution is 0.507. The summed E-state index contributed by atoms with van der Waals surface area (Å²) >= 11 is 7.29. The van der Waals surface area contributed by atoms with Gasteiger partial charge in [-0.2, -0.15) is 0 Å². The van der Waals surface area contributed by atoms with Crippen LogP contribution in [0.2, 0.25) is 0 Å². The van der Waals surface area contributed by atoms with Gasteiger partial charge in [-0.1, -0.05) is 207 Å². The monoisotopic (exact) mass is 965 g/mol. The van der Waals surface area contributed by atoms with Crippen LogP contribution in [-0.4, -0.2) is 0 Å². The summed E-state index contributed by atoms with van der Waals surface area (Å²) in [6.07, 6.45) is 1.63. The van der Waals surface area contributed by atoms with Crippen molar-refractivity contribution in [2.45, 2.75) is 161 Å². The highest BCUT2D eigenvalue weighted by molar-refractivity contribution is 7.21. The zero-order valence-corrected chi connectivity index (χ0v) is 44.5. The summed E-state index contributed by atoms with van der Waals surface area (Å²) in [5.41, 5.74) is 5.17. The van der Waals surface area contributed by atoms with E-state index in [1.165, 1.54) is 51.5 Å². The van der Waals surface area contributed by atoms with Crippen LogP contribution in [0.4, 0.5) is 0 Å². The number of benzene rings is 2. The molecule has 2 nitrogen and oxygen atoms in total. The molecule has 0 saturated carbocycles. The van der Waals surface area contributed by atoms with Crippen molar-refractivity contribution in [3.05, 3.63) is 155 Å². The van der Waals surface area contributed by atoms with E-state index in [4.69, 9.17) is 8.83 Å². The van der Waals surface area contributed by atoms with Crippen molar-refractivity contribution in [3.8, 4) is 52.6 Å². The van der Waals surface area contributed by atoms with Crippen LogP contribution in [0, 0.1) is 20.8 Å². The third kappa shape index (κ3) is 28.4. The molecule has 0 N–H and O–H groups in total. The van der Waals surface area contributed by atoms with E-state index < -0.39 is 0 Å². The van der Waals surface area contributed by atoms with Crippen LogP contribution in [-0.2, 0) is 0 Å². The minimum Gasteiger partial charge on any atom is -0.461 e. The molecule has 368 valence electrons. The summed E-state index contributed by atoms with van der Waals surface area (Å²) < 4.78 is 10.5. The average molecular weight is 966 g/mol. The molecule has 6 heteroatoms. The Labute approximate surface area is 419 Å². The maximum absolute atomic E-state index is 5.33. The predicted octanol–water partition coefficient (Wildman–Crippen LogP) is 24.5. The Morgan fingerprint density at radius 2 is 0.754 bits per heavy atom. The van der Waals surface area contributed by atoms with Crippen LogP contribution in [0.15, 0.2) is 147 Å².